The molecule has 1 aliphatic rings. The molecule has 0 spiro atoms. The first kappa shape index (κ1) is 29.4. The van der Waals surface area contributed by atoms with Crippen LogP contribution in [0.5, 0.6) is 0 Å². The van der Waals surface area contributed by atoms with Crippen LogP contribution in [0.25, 0.3) is 11.0 Å². The summed E-state index contributed by atoms with van der Waals surface area (Å²) in [6.07, 6.45) is 5.49. The van der Waals surface area contributed by atoms with Crippen molar-refractivity contribution >= 4 is 16.8 Å². The Balaban J connectivity index is 0.000000482. The smallest absolute Gasteiger partial charge is 0.161 e. The number of carbonyl (C=O) groups excluding carboxylic acids is 1. The zero-order valence-electron chi connectivity index (χ0n) is 18.2. The molecule has 32 heavy (non-hydrogen) atoms. The third-order valence-electron chi connectivity index (χ3n) is 4.96. The molecule has 2 aromatic heterocycles. The van der Waals surface area contributed by atoms with E-state index in [-0.39, 0.29) is 20.6 Å². The number of fused-ring (bicyclic) bond motifs is 1. The van der Waals surface area contributed by atoms with Crippen molar-refractivity contribution < 1.29 is 9.53 Å². The quantitative estimate of drug-likeness (QED) is 0.577. The third kappa shape index (κ3) is 8.49. The van der Waals surface area contributed by atoms with Crippen molar-refractivity contribution in [1.82, 2.24) is 14.8 Å². The van der Waals surface area contributed by atoms with Gasteiger partial charge in [-0.25, -0.2) is 9.67 Å². The first-order valence-corrected chi connectivity index (χ1v) is 10.4. The normalized spacial score (nSPS) is 12.9. The second kappa shape index (κ2) is 15.2. The molecule has 1 aliphatic heterocycles. The van der Waals surface area contributed by atoms with Gasteiger partial charge >= 0.3 is 0 Å². The van der Waals surface area contributed by atoms with Crippen LogP contribution in [0.3, 0.4) is 0 Å². The van der Waals surface area contributed by atoms with Gasteiger partial charge in [0.25, 0.3) is 0 Å². The highest BCUT2D eigenvalue weighted by molar-refractivity contribution is 5.99. The van der Waals surface area contributed by atoms with Gasteiger partial charge in [-0.05, 0) is 44.7 Å². The molecule has 0 unspecified atom stereocenters. The monoisotopic (exact) mass is 443 g/mol. The van der Waals surface area contributed by atoms with Crippen LogP contribution in [-0.4, -0.2) is 39.8 Å². The minimum Gasteiger partial charge on any atom is -0.381 e. The molecule has 0 atom stereocenters. The van der Waals surface area contributed by atoms with Gasteiger partial charge in [0.05, 0.1) is 6.20 Å². The topological polar surface area (TPSA) is 109 Å². The lowest BCUT2D eigenvalue weighted by Gasteiger charge is -2.16. The number of carbonyl (C=O) groups is 1. The van der Waals surface area contributed by atoms with E-state index in [4.69, 9.17) is 16.2 Å². The molecule has 3 aromatic rings. The predicted molar refractivity (Wildman–Crippen MR) is 134 cm³/mol. The fraction of sp³-hybridized carbons (Fsp3) is 0.480. The Labute approximate surface area is 193 Å². The number of aromatic nitrogens is 3. The summed E-state index contributed by atoms with van der Waals surface area (Å²) in [5, 5.41) is 5.18. The van der Waals surface area contributed by atoms with E-state index in [1.54, 1.807) is 19.3 Å². The summed E-state index contributed by atoms with van der Waals surface area (Å²) in [6, 6.07) is 10.4. The van der Waals surface area contributed by atoms with Crippen molar-refractivity contribution in [2.75, 3.05) is 13.2 Å². The number of pyridine rings is 1. The van der Waals surface area contributed by atoms with E-state index >= 15 is 0 Å². The molecule has 178 valence electrons. The maximum atomic E-state index is 11.3. The van der Waals surface area contributed by atoms with Crippen LogP contribution in [0.2, 0.25) is 0 Å². The number of hydrogen-bond donors (Lipinski definition) is 2. The Morgan fingerprint density at radius 3 is 2.22 bits per heavy atom. The first-order chi connectivity index (χ1) is 14.5. The van der Waals surface area contributed by atoms with Crippen LogP contribution >= 0.6 is 0 Å². The van der Waals surface area contributed by atoms with Crippen molar-refractivity contribution in [3.05, 3.63) is 59.4 Å². The number of ketones is 1. The molecule has 1 saturated heterocycles. The minimum absolute atomic E-state index is 0. The van der Waals surface area contributed by atoms with Crippen LogP contribution in [0.1, 0.15) is 63.0 Å². The average Bonchev–Trinajstić information content (AvgIpc) is 3.20. The van der Waals surface area contributed by atoms with Crippen LogP contribution < -0.4 is 11.5 Å². The average molecular weight is 444 g/mol. The summed E-state index contributed by atoms with van der Waals surface area (Å²) in [4.78, 5) is 15.6. The lowest BCUT2D eigenvalue weighted by Crippen LogP contribution is -2.28. The number of Topliss-reactive ketones (excluding diaryl/α,β-unsaturated/α-hetero) is 1. The Hall–Kier alpha value is -2.61. The molecule has 7 nitrogen and oxygen atoms in total. The van der Waals surface area contributed by atoms with E-state index in [1.165, 1.54) is 5.56 Å². The zero-order valence-corrected chi connectivity index (χ0v) is 18.2. The molecule has 0 saturated carbocycles. The maximum absolute atomic E-state index is 11.3. The number of aryl methyl sites for hydroxylation is 2. The molecule has 1 fully saturated rings. The summed E-state index contributed by atoms with van der Waals surface area (Å²) in [5.74, 6) is 0.0474. The predicted octanol–water partition coefficient (Wildman–Crippen LogP) is 4.50. The molecular weight excluding hydrogens is 402 g/mol. The number of nitrogens with zero attached hydrogens (tertiary/aromatic N) is 3. The summed E-state index contributed by atoms with van der Waals surface area (Å²) in [7, 11) is 0. The van der Waals surface area contributed by atoms with Crippen LogP contribution in [-0.2, 0) is 17.8 Å². The highest BCUT2D eigenvalue weighted by atomic mass is 16.5. The number of benzene rings is 1. The molecule has 3 heterocycles. The van der Waals surface area contributed by atoms with Crippen molar-refractivity contribution in [3.63, 3.8) is 0 Å². The SMILES string of the molecule is C.C.CCn1ncc2c(C)c(C(C)=O)cnc21.NC1CCOCC1.NCc1ccccc1. The van der Waals surface area contributed by atoms with Crippen molar-refractivity contribution in [2.45, 2.75) is 67.6 Å². The summed E-state index contributed by atoms with van der Waals surface area (Å²) in [5.41, 5.74) is 14.6. The molecule has 0 aliphatic carbocycles. The van der Waals surface area contributed by atoms with Crippen molar-refractivity contribution in [1.29, 1.82) is 0 Å². The lowest BCUT2D eigenvalue weighted by atomic mass is 10.1. The van der Waals surface area contributed by atoms with Gasteiger partial charge in [-0.15, -0.1) is 0 Å². The van der Waals surface area contributed by atoms with Gasteiger partial charge in [-0.1, -0.05) is 45.2 Å². The van der Waals surface area contributed by atoms with Crippen LogP contribution in [0, 0.1) is 6.92 Å². The highest BCUT2D eigenvalue weighted by Gasteiger charge is 2.11. The van der Waals surface area contributed by atoms with Gasteiger partial charge in [0, 0.05) is 49.5 Å². The molecule has 4 rings (SSSR count). The second-order valence-corrected chi connectivity index (χ2v) is 7.19. The Morgan fingerprint density at radius 2 is 1.78 bits per heavy atom. The molecule has 1 aromatic carbocycles. The van der Waals surface area contributed by atoms with Gasteiger partial charge in [-0.3, -0.25) is 4.79 Å². The lowest BCUT2D eigenvalue weighted by molar-refractivity contribution is 0.0866. The Morgan fingerprint density at radius 1 is 1.16 bits per heavy atom. The highest BCUT2D eigenvalue weighted by Crippen LogP contribution is 2.19. The van der Waals surface area contributed by atoms with Crippen LogP contribution in [0.15, 0.2) is 42.7 Å². The third-order valence-corrected chi connectivity index (χ3v) is 4.96. The number of rotatable bonds is 3. The van der Waals surface area contributed by atoms with E-state index in [0.717, 1.165) is 49.2 Å². The number of hydrogen-bond acceptors (Lipinski definition) is 6. The molecular formula is C25H41N5O2. The van der Waals surface area contributed by atoms with E-state index in [2.05, 4.69) is 10.1 Å². The fourth-order valence-electron chi connectivity index (χ4n) is 3.06. The number of ether oxygens (including phenoxy) is 1. The second-order valence-electron chi connectivity index (χ2n) is 7.19. The number of nitrogens with two attached hydrogens (primary N) is 2. The van der Waals surface area contributed by atoms with Crippen molar-refractivity contribution in [3.8, 4) is 0 Å². The van der Waals surface area contributed by atoms with Crippen LogP contribution in [0.4, 0.5) is 0 Å². The van der Waals surface area contributed by atoms with Gasteiger partial charge in [0.1, 0.15) is 0 Å². The van der Waals surface area contributed by atoms with Gasteiger partial charge in [0.15, 0.2) is 11.4 Å². The Bertz CT molecular complexity index is 919. The van der Waals surface area contributed by atoms with E-state index < -0.39 is 0 Å². The van der Waals surface area contributed by atoms with Crippen molar-refractivity contribution in [2.24, 2.45) is 11.5 Å². The standard InChI is InChI=1S/C11H13N3O.C7H9N.C5H11NO.2CH4/c1-4-14-11-10(6-13-14)7(2)9(5-12-11)8(3)15;8-6-7-4-2-1-3-5-7;6-5-1-3-7-4-2-5;;/h5-6H,4H2,1-3H3;1-5H,6,8H2;5H,1-4,6H2;2*1H4. The minimum atomic E-state index is 0. The van der Waals surface area contributed by atoms with Gasteiger partial charge in [-0.2, -0.15) is 5.10 Å². The van der Waals surface area contributed by atoms with E-state index in [1.807, 2.05) is 48.9 Å². The first-order valence-electron chi connectivity index (χ1n) is 10.4. The fourth-order valence-corrected chi connectivity index (χ4v) is 3.06. The summed E-state index contributed by atoms with van der Waals surface area (Å²) in [6.45, 7) is 8.66. The maximum Gasteiger partial charge on any atom is 0.161 e. The van der Waals surface area contributed by atoms with E-state index in [9.17, 15) is 4.79 Å². The van der Waals surface area contributed by atoms with Gasteiger partial charge in [0.2, 0.25) is 0 Å². The molecule has 7 heteroatoms. The van der Waals surface area contributed by atoms with E-state index in [0.29, 0.717) is 18.2 Å². The summed E-state index contributed by atoms with van der Waals surface area (Å²) >= 11 is 0. The Kier molecular flexibility index (Phi) is 14.0. The largest absolute Gasteiger partial charge is 0.381 e. The molecule has 0 bridgehead atoms. The molecule has 0 radical (unpaired) electrons. The van der Waals surface area contributed by atoms with Gasteiger partial charge < -0.3 is 16.2 Å². The zero-order chi connectivity index (χ0) is 21.9. The summed E-state index contributed by atoms with van der Waals surface area (Å²) < 4.78 is 6.89. The molecule has 4 N–H and O–H groups in total. The molecule has 0 amide bonds.